The Kier molecular flexibility index (Phi) is 5.80. The Balaban J connectivity index is 2.05. The van der Waals surface area contributed by atoms with Crippen molar-refractivity contribution in [3.8, 4) is 0 Å². The Hall–Kier alpha value is -2.83. The summed E-state index contributed by atoms with van der Waals surface area (Å²) < 4.78 is 37.6. The van der Waals surface area contributed by atoms with E-state index in [0.29, 0.717) is 0 Å². The van der Waals surface area contributed by atoms with Gasteiger partial charge in [-0.15, -0.1) is 0 Å². The molecule has 0 saturated heterocycles. The summed E-state index contributed by atoms with van der Waals surface area (Å²) in [6.07, 6.45) is -4.46. The molecule has 1 atom stereocenters. The van der Waals surface area contributed by atoms with Crippen LogP contribution in [0.5, 0.6) is 0 Å². The summed E-state index contributed by atoms with van der Waals surface area (Å²) in [5.41, 5.74) is 0.235. The molecule has 2 N–H and O–H groups in total. The maximum absolute atomic E-state index is 12.5. The van der Waals surface area contributed by atoms with Gasteiger partial charge in [-0.2, -0.15) is 13.2 Å². The summed E-state index contributed by atoms with van der Waals surface area (Å²) in [5, 5.41) is 5.23. The Labute approximate surface area is 143 Å². The van der Waals surface area contributed by atoms with Gasteiger partial charge in [0.15, 0.2) is 0 Å². The van der Waals surface area contributed by atoms with Gasteiger partial charge in [-0.3, -0.25) is 9.59 Å². The molecule has 0 unspecified atom stereocenters. The summed E-state index contributed by atoms with van der Waals surface area (Å²) in [7, 11) is 0. The minimum Gasteiger partial charge on any atom is -0.349 e. The number of rotatable bonds is 5. The van der Waals surface area contributed by atoms with Crippen LogP contribution in [0.4, 0.5) is 18.9 Å². The van der Waals surface area contributed by atoms with Crippen LogP contribution < -0.4 is 10.6 Å². The van der Waals surface area contributed by atoms with Crippen LogP contribution in [-0.2, 0) is 15.8 Å². The minimum atomic E-state index is -4.42. The molecule has 7 heteroatoms. The van der Waals surface area contributed by atoms with E-state index < -0.39 is 23.7 Å². The molecule has 0 aliphatic heterocycles. The number of carbonyl (C=O) groups is 2. The van der Waals surface area contributed by atoms with Crippen LogP contribution in [0.3, 0.4) is 0 Å². The first-order valence-electron chi connectivity index (χ1n) is 7.55. The fourth-order valence-corrected chi connectivity index (χ4v) is 2.32. The second kappa shape index (κ2) is 7.83. The van der Waals surface area contributed by atoms with Crippen molar-refractivity contribution < 1.29 is 22.8 Å². The van der Waals surface area contributed by atoms with Crippen molar-refractivity contribution in [2.45, 2.75) is 25.6 Å². The van der Waals surface area contributed by atoms with Crippen molar-refractivity contribution in [1.82, 2.24) is 5.32 Å². The predicted octanol–water partition coefficient (Wildman–Crippen LogP) is 3.91. The molecule has 0 saturated carbocycles. The molecule has 0 aromatic heterocycles. The molecule has 25 heavy (non-hydrogen) atoms. The van der Waals surface area contributed by atoms with Crippen LogP contribution in [0.15, 0.2) is 54.6 Å². The molecule has 0 aliphatic carbocycles. The van der Waals surface area contributed by atoms with E-state index in [-0.39, 0.29) is 18.0 Å². The van der Waals surface area contributed by atoms with Crippen molar-refractivity contribution in [2.75, 3.05) is 5.32 Å². The maximum Gasteiger partial charge on any atom is 0.416 e. The number of hydrogen-bond acceptors (Lipinski definition) is 2. The highest BCUT2D eigenvalue weighted by molar-refractivity contribution is 5.91. The summed E-state index contributed by atoms with van der Waals surface area (Å²) in [6, 6.07) is 12.6. The zero-order chi connectivity index (χ0) is 18.4. The number of anilines is 1. The van der Waals surface area contributed by atoms with Gasteiger partial charge in [-0.1, -0.05) is 30.3 Å². The second-order valence-corrected chi connectivity index (χ2v) is 5.49. The van der Waals surface area contributed by atoms with Crippen molar-refractivity contribution in [3.05, 3.63) is 65.7 Å². The Morgan fingerprint density at radius 2 is 1.60 bits per heavy atom. The summed E-state index contributed by atoms with van der Waals surface area (Å²) in [4.78, 5) is 23.5. The van der Waals surface area contributed by atoms with Gasteiger partial charge >= 0.3 is 6.18 Å². The molecule has 0 radical (unpaired) electrons. The van der Waals surface area contributed by atoms with Crippen molar-refractivity contribution in [2.24, 2.45) is 0 Å². The third-order valence-corrected chi connectivity index (χ3v) is 3.46. The molecule has 0 spiro atoms. The van der Waals surface area contributed by atoms with Crippen molar-refractivity contribution in [3.63, 3.8) is 0 Å². The smallest absolute Gasteiger partial charge is 0.349 e. The lowest BCUT2D eigenvalue weighted by molar-refractivity contribution is -0.137. The lowest BCUT2D eigenvalue weighted by Gasteiger charge is -2.18. The predicted molar refractivity (Wildman–Crippen MR) is 87.7 cm³/mol. The van der Waals surface area contributed by atoms with Crippen LogP contribution in [0.2, 0.25) is 0 Å². The molecule has 2 amide bonds. The zero-order valence-corrected chi connectivity index (χ0v) is 13.4. The highest BCUT2D eigenvalue weighted by Gasteiger charge is 2.30. The molecule has 2 rings (SSSR count). The third kappa shape index (κ3) is 5.63. The summed E-state index contributed by atoms with van der Waals surface area (Å²) in [5.74, 6) is -0.696. The van der Waals surface area contributed by atoms with Crippen LogP contribution in [-0.4, -0.2) is 11.8 Å². The molecule has 2 aromatic carbocycles. The van der Waals surface area contributed by atoms with Crippen molar-refractivity contribution in [1.29, 1.82) is 0 Å². The van der Waals surface area contributed by atoms with Gasteiger partial charge < -0.3 is 10.6 Å². The average Bonchev–Trinajstić information content (AvgIpc) is 2.54. The number of hydrogen-bond donors (Lipinski definition) is 2. The maximum atomic E-state index is 12.5. The molecule has 0 heterocycles. The number of amides is 2. The topological polar surface area (TPSA) is 58.2 Å². The second-order valence-electron chi connectivity index (χ2n) is 5.49. The standard InChI is InChI=1S/C18H17F3N2O2/c1-12(24)22-16(13-5-3-2-4-6-13)11-17(25)23-15-9-7-14(8-10-15)18(19,20)21/h2-10,16H,11H2,1H3,(H,22,24)(H,23,25)/t16-/m1/s1. The summed E-state index contributed by atoms with van der Waals surface area (Å²) in [6.45, 7) is 1.35. The van der Waals surface area contributed by atoms with Gasteiger partial charge in [0.1, 0.15) is 0 Å². The van der Waals surface area contributed by atoms with E-state index >= 15 is 0 Å². The van der Waals surface area contributed by atoms with Gasteiger partial charge in [0.25, 0.3) is 0 Å². The van der Waals surface area contributed by atoms with E-state index in [2.05, 4.69) is 10.6 Å². The molecule has 0 aliphatic rings. The number of alkyl halides is 3. The SMILES string of the molecule is CC(=O)N[C@H](CC(=O)Nc1ccc(C(F)(F)F)cc1)c1ccccc1. The lowest BCUT2D eigenvalue weighted by Crippen LogP contribution is -2.29. The monoisotopic (exact) mass is 350 g/mol. The average molecular weight is 350 g/mol. The van der Waals surface area contributed by atoms with E-state index in [1.807, 2.05) is 6.07 Å². The Bertz CT molecular complexity index is 728. The number of benzene rings is 2. The number of halogens is 3. The van der Waals surface area contributed by atoms with Gasteiger partial charge in [0, 0.05) is 12.6 Å². The number of nitrogens with one attached hydrogen (secondary N) is 2. The number of carbonyl (C=O) groups excluding carboxylic acids is 2. The molecular formula is C18H17F3N2O2. The van der Waals surface area contributed by atoms with Gasteiger partial charge in [-0.25, -0.2) is 0 Å². The largest absolute Gasteiger partial charge is 0.416 e. The van der Waals surface area contributed by atoms with Gasteiger partial charge in [0.05, 0.1) is 18.0 Å². The third-order valence-electron chi connectivity index (χ3n) is 3.46. The fraction of sp³-hybridized carbons (Fsp3) is 0.222. The fourth-order valence-electron chi connectivity index (χ4n) is 2.32. The first kappa shape index (κ1) is 18.5. The quantitative estimate of drug-likeness (QED) is 0.859. The first-order valence-corrected chi connectivity index (χ1v) is 7.55. The van der Waals surface area contributed by atoms with E-state index in [1.165, 1.54) is 19.1 Å². The molecular weight excluding hydrogens is 333 g/mol. The van der Waals surface area contributed by atoms with E-state index in [1.54, 1.807) is 24.3 Å². The first-order chi connectivity index (χ1) is 11.8. The highest BCUT2D eigenvalue weighted by Crippen LogP contribution is 2.30. The Morgan fingerprint density at radius 1 is 1.00 bits per heavy atom. The molecule has 0 bridgehead atoms. The van der Waals surface area contributed by atoms with Crippen LogP contribution in [0.1, 0.15) is 30.5 Å². The minimum absolute atomic E-state index is 0.0371. The highest BCUT2D eigenvalue weighted by atomic mass is 19.4. The van der Waals surface area contributed by atoms with E-state index in [0.717, 1.165) is 17.7 Å². The molecule has 0 fully saturated rings. The summed E-state index contributed by atoms with van der Waals surface area (Å²) >= 11 is 0. The van der Waals surface area contributed by atoms with Crippen LogP contribution >= 0.6 is 0 Å². The van der Waals surface area contributed by atoms with E-state index in [9.17, 15) is 22.8 Å². The Morgan fingerprint density at radius 3 is 2.12 bits per heavy atom. The lowest BCUT2D eigenvalue weighted by atomic mass is 10.0. The zero-order valence-electron chi connectivity index (χ0n) is 13.4. The normalized spacial score (nSPS) is 12.3. The van der Waals surface area contributed by atoms with Gasteiger partial charge in [0.2, 0.25) is 11.8 Å². The molecule has 4 nitrogen and oxygen atoms in total. The van der Waals surface area contributed by atoms with Gasteiger partial charge in [-0.05, 0) is 29.8 Å². The molecule has 132 valence electrons. The van der Waals surface area contributed by atoms with Crippen LogP contribution in [0.25, 0.3) is 0 Å². The molecule has 2 aromatic rings. The van der Waals surface area contributed by atoms with E-state index in [4.69, 9.17) is 0 Å². The van der Waals surface area contributed by atoms with Crippen LogP contribution in [0, 0.1) is 0 Å². The van der Waals surface area contributed by atoms with Crippen molar-refractivity contribution >= 4 is 17.5 Å².